The van der Waals surface area contributed by atoms with Crippen LogP contribution < -0.4 is 18.9 Å². The van der Waals surface area contributed by atoms with Crippen molar-refractivity contribution in [3.63, 3.8) is 0 Å². The zero-order chi connectivity index (χ0) is 41.8. The summed E-state index contributed by atoms with van der Waals surface area (Å²) in [6.45, 7) is 0. The number of hydrogen-bond donors (Lipinski definition) is 0. The van der Waals surface area contributed by atoms with E-state index < -0.39 is 0 Å². The number of aromatic nitrogens is 8. The minimum absolute atomic E-state index is 0. The maximum absolute atomic E-state index is 5.31. The standard InChI is InChI=1S/C20H14N4.2C14H14N2O2.Ru/c1-3-13-21-15(7-1)17-9-5-11-19(23-17)20-12-6-10-18(24-20)16-8-2-4-14-22-16;2*1-17-13-6-4-11(14(9-13)18-2)3-5-12-7-8-15-10-16-12;/h1-14H;2*3-10H,1-2H3;/b;2*5-3+;. The summed E-state index contributed by atoms with van der Waals surface area (Å²) in [5.41, 5.74) is 8.63. The summed E-state index contributed by atoms with van der Waals surface area (Å²) >= 11 is 0. The van der Waals surface area contributed by atoms with Crippen molar-refractivity contribution < 1.29 is 38.4 Å². The Kier molecular flexibility index (Phi) is 17.4. The van der Waals surface area contributed by atoms with Gasteiger partial charge >= 0.3 is 0 Å². The van der Waals surface area contributed by atoms with Crippen LogP contribution in [0.2, 0.25) is 0 Å². The molecule has 0 bridgehead atoms. The molecule has 0 spiro atoms. The zero-order valence-electron chi connectivity index (χ0n) is 33.9. The first-order valence-electron chi connectivity index (χ1n) is 18.7. The van der Waals surface area contributed by atoms with E-state index in [9.17, 15) is 0 Å². The fourth-order valence-corrected chi connectivity index (χ4v) is 5.53. The Morgan fingerprint density at radius 3 is 1.13 bits per heavy atom. The van der Waals surface area contributed by atoms with Crippen LogP contribution in [0, 0.1) is 0 Å². The van der Waals surface area contributed by atoms with Crippen molar-refractivity contribution >= 4 is 24.3 Å². The number of rotatable bonds is 11. The van der Waals surface area contributed by atoms with Crippen LogP contribution in [0.3, 0.4) is 0 Å². The number of ether oxygens (including phenoxy) is 4. The Balaban J connectivity index is 0.000000175. The van der Waals surface area contributed by atoms with Crippen LogP contribution in [-0.2, 0) is 19.5 Å². The van der Waals surface area contributed by atoms with Crippen LogP contribution in [-0.4, -0.2) is 68.3 Å². The molecule has 8 rings (SSSR count). The van der Waals surface area contributed by atoms with Gasteiger partial charge in [0.25, 0.3) is 0 Å². The van der Waals surface area contributed by atoms with Gasteiger partial charge in [0.1, 0.15) is 35.7 Å². The average Bonchev–Trinajstić information content (AvgIpc) is 3.34. The minimum Gasteiger partial charge on any atom is -0.497 e. The molecule has 0 saturated heterocycles. The molecule has 8 aromatic rings. The molecule has 0 fully saturated rings. The van der Waals surface area contributed by atoms with E-state index in [4.69, 9.17) is 28.9 Å². The summed E-state index contributed by atoms with van der Waals surface area (Å²) in [7, 11) is 6.53. The second-order valence-electron chi connectivity index (χ2n) is 12.4. The molecule has 0 atom stereocenters. The number of hydrogen-bond acceptors (Lipinski definition) is 12. The van der Waals surface area contributed by atoms with Crippen LogP contribution in [0.25, 0.3) is 58.5 Å². The normalized spacial score (nSPS) is 10.4. The quantitative estimate of drug-likeness (QED) is 0.114. The van der Waals surface area contributed by atoms with Gasteiger partial charge in [0.2, 0.25) is 0 Å². The first-order valence-corrected chi connectivity index (χ1v) is 18.7. The van der Waals surface area contributed by atoms with Gasteiger partial charge in [-0.2, -0.15) is 0 Å². The van der Waals surface area contributed by atoms with Gasteiger partial charge in [0.15, 0.2) is 0 Å². The van der Waals surface area contributed by atoms with Gasteiger partial charge in [0, 0.05) is 67.5 Å². The van der Waals surface area contributed by atoms with Crippen LogP contribution in [0.1, 0.15) is 22.5 Å². The number of benzene rings is 2. The van der Waals surface area contributed by atoms with E-state index in [1.165, 1.54) is 12.7 Å². The molecule has 0 radical (unpaired) electrons. The molecule has 2 aromatic carbocycles. The maximum atomic E-state index is 5.31. The Hall–Kier alpha value is -7.50. The SMILES string of the molecule is COc1ccc(/C=C/c2ccncn2)c(OC)c1.COc1ccc(/C=C/c2ccncn2)c(OC)c1.[Ru].c1ccc(-c2cccc(-c3cccc(-c4ccccn4)n3)n2)nc1. The van der Waals surface area contributed by atoms with E-state index in [-0.39, 0.29) is 19.5 Å². The molecule has 13 heteroatoms. The molecule has 61 heavy (non-hydrogen) atoms. The molecular weight excluding hydrogens is 854 g/mol. The van der Waals surface area contributed by atoms with Crippen molar-refractivity contribution in [2.24, 2.45) is 0 Å². The van der Waals surface area contributed by atoms with Crippen molar-refractivity contribution in [3.8, 4) is 57.2 Å². The second kappa shape index (κ2) is 23.8. The summed E-state index contributed by atoms with van der Waals surface area (Å²) in [5.74, 6) is 3.07. The van der Waals surface area contributed by atoms with Gasteiger partial charge in [-0.1, -0.05) is 24.3 Å². The van der Waals surface area contributed by atoms with Gasteiger partial charge in [-0.3, -0.25) is 9.97 Å². The maximum Gasteiger partial charge on any atom is 0.129 e. The third-order valence-corrected chi connectivity index (χ3v) is 8.57. The molecule has 0 N–H and O–H groups in total. The molecule has 6 aromatic heterocycles. The molecule has 0 aliphatic heterocycles. The number of pyridine rings is 4. The van der Waals surface area contributed by atoms with E-state index in [1.807, 2.05) is 146 Å². The molecular formula is C48H42N8O4Ru. The third-order valence-electron chi connectivity index (χ3n) is 8.57. The van der Waals surface area contributed by atoms with Gasteiger partial charge in [-0.25, -0.2) is 29.9 Å². The van der Waals surface area contributed by atoms with E-state index >= 15 is 0 Å². The minimum atomic E-state index is 0. The monoisotopic (exact) mass is 896 g/mol. The first-order chi connectivity index (χ1) is 29.6. The summed E-state index contributed by atoms with van der Waals surface area (Å²) in [6, 6.07) is 38.4. The molecule has 0 aliphatic carbocycles. The number of methoxy groups -OCH3 is 4. The van der Waals surface area contributed by atoms with Gasteiger partial charge < -0.3 is 18.9 Å². The van der Waals surface area contributed by atoms with Crippen molar-refractivity contribution in [3.05, 3.63) is 181 Å². The average molecular weight is 896 g/mol. The number of nitrogens with zero attached hydrogens (tertiary/aromatic N) is 8. The molecule has 0 unspecified atom stereocenters. The fourth-order valence-electron chi connectivity index (χ4n) is 5.53. The van der Waals surface area contributed by atoms with Crippen molar-refractivity contribution in [1.29, 1.82) is 0 Å². The van der Waals surface area contributed by atoms with E-state index in [0.29, 0.717) is 0 Å². The molecule has 12 nitrogen and oxygen atoms in total. The molecule has 306 valence electrons. The Morgan fingerprint density at radius 2 is 0.787 bits per heavy atom. The summed E-state index contributed by atoms with van der Waals surface area (Å²) < 4.78 is 20.9. The van der Waals surface area contributed by atoms with Gasteiger partial charge in [0.05, 0.1) is 74.0 Å². The largest absolute Gasteiger partial charge is 0.497 e. The summed E-state index contributed by atoms with van der Waals surface area (Å²) in [6.07, 6.45) is 17.7. The van der Waals surface area contributed by atoms with Crippen LogP contribution >= 0.6 is 0 Å². The van der Waals surface area contributed by atoms with Gasteiger partial charge in [-0.15, -0.1) is 0 Å². The van der Waals surface area contributed by atoms with E-state index in [2.05, 4.69) is 29.9 Å². The summed E-state index contributed by atoms with van der Waals surface area (Å²) in [5, 5.41) is 0. The first kappa shape index (κ1) is 44.6. The topological polar surface area (TPSA) is 140 Å². The summed E-state index contributed by atoms with van der Waals surface area (Å²) in [4.78, 5) is 34.1. The Bertz CT molecular complexity index is 2420. The van der Waals surface area contributed by atoms with Crippen molar-refractivity contribution in [2.45, 2.75) is 0 Å². The second-order valence-corrected chi connectivity index (χ2v) is 12.4. The zero-order valence-corrected chi connectivity index (χ0v) is 35.6. The predicted octanol–water partition coefficient (Wildman–Crippen LogP) is 9.59. The smallest absolute Gasteiger partial charge is 0.129 e. The molecule has 6 heterocycles. The Morgan fingerprint density at radius 1 is 0.377 bits per heavy atom. The van der Waals surface area contributed by atoms with E-state index in [0.717, 1.165) is 79.7 Å². The molecule has 0 aliphatic rings. The third kappa shape index (κ3) is 13.3. The fraction of sp³-hybridized carbons (Fsp3) is 0.0833. The van der Waals surface area contributed by atoms with Crippen molar-refractivity contribution in [2.75, 3.05) is 28.4 Å². The van der Waals surface area contributed by atoms with Crippen LogP contribution in [0.5, 0.6) is 23.0 Å². The molecule has 0 amide bonds. The van der Waals surface area contributed by atoms with E-state index in [1.54, 1.807) is 53.2 Å². The van der Waals surface area contributed by atoms with Crippen LogP contribution in [0.15, 0.2) is 159 Å². The van der Waals surface area contributed by atoms with Gasteiger partial charge in [-0.05, 0) is 109 Å². The Labute approximate surface area is 367 Å². The van der Waals surface area contributed by atoms with Crippen LogP contribution in [0.4, 0.5) is 0 Å². The predicted molar refractivity (Wildman–Crippen MR) is 235 cm³/mol. The molecule has 0 saturated carbocycles. The van der Waals surface area contributed by atoms with Crippen molar-refractivity contribution in [1.82, 2.24) is 39.9 Å².